The SMILES string of the molecule is CN(CCOc1ccccc1)C(=O)[C@@H]1CCCNC1.Cl. The van der Waals surface area contributed by atoms with Gasteiger partial charge >= 0.3 is 0 Å². The van der Waals surface area contributed by atoms with Crippen LogP contribution in [0.15, 0.2) is 30.3 Å². The van der Waals surface area contributed by atoms with Crippen LogP contribution >= 0.6 is 12.4 Å². The summed E-state index contributed by atoms with van der Waals surface area (Å²) in [6.45, 7) is 3.00. The molecule has 1 aromatic rings. The smallest absolute Gasteiger partial charge is 0.226 e. The molecule has 1 aromatic carbocycles. The van der Waals surface area contributed by atoms with Crippen molar-refractivity contribution in [1.82, 2.24) is 10.2 Å². The Labute approximate surface area is 126 Å². The number of nitrogens with one attached hydrogen (secondary N) is 1. The lowest BCUT2D eigenvalue weighted by molar-refractivity contribution is -0.135. The van der Waals surface area contributed by atoms with Crippen LogP contribution in [-0.4, -0.2) is 44.1 Å². The maximum Gasteiger partial charge on any atom is 0.226 e. The molecule has 1 fully saturated rings. The maximum atomic E-state index is 12.2. The summed E-state index contributed by atoms with van der Waals surface area (Å²) in [5.41, 5.74) is 0. The molecule has 1 aliphatic heterocycles. The summed E-state index contributed by atoms with van der Waals surface area (Å²) < 4.78 is 5.60. The fourth-order valence-corrected chi connectivity index (χ4v) is 2.30. The first-order valence-electron chi connectivity index (χ1n) is 6.91. The van der Waals surface area contributed by atoms with E-state index in [1.807, 2.05) is 37.4 Å². The van der Waals surface area contributed by atoms with Gasteiger partial charge in [-0.2, -0.15) is 0 Å². The number of para-hydroxylation sites is 1. The van der Waals surface area contributed by atoms with Gasteiger partial charge in [0.2, 0.25) is 5.91 Å². The Bertz CT molecular complexity index is 394. The van der Waals surface area contributed by atoms with Gasteiger partial charge in [-0.15, -0.1) is 12.4 Å². The van der Waals surface area contributed by atoms with E-state index in [1.54, 1.807) is 4.90 Å². The lowest BCUT2D eigenvalue weighted by Crippen LogP contribution is -2.42. The first kappa shape index (κ1) is 16.8. The van der Waals surface area contributed by atoms with Crippen LogP contribution in [0.3, 0.4) is 0 Å². The number of likely N-dealkylation sites (N-methyl/N-ethyl adjacent to an activating group) is 1. The molecule has 1 heterocycles. The number of benzene rings is 1. The van der Waals surface area contributed by atoms with Gasteiger partial charge < -0.3 is 15.0 Å². The third-order valence-electron chi connectivity index (χ3n) is 3.46. The summed E-state index contributed by atoms with van der Waals surface area (Å²) in [7, 11) is 1.85. The minimum absolute atomic E-state index is 0. The van der Waals surface area contributed by atoms with Crippen LogP contribution in [0.25, 0.3) is 0 Å². The van der Waals surface area contributed by atoms with Gasteiger partial charge in [0.25, 0.3) is 0 Å². The number of ether oxygens (including phenoxy) is 1. The van der Waals surface area contributed by atoms with Crippen molar-refractivity contribution in [1.29, 1.82) is 0 Å². The third kappa shape index (κ3) is 5.02. The molecular formula is C15H23ClN2O2. The molecule has 0 spiro atoms. The van der Waals surface area contributed by atoms with Gasteiger partial charge in [-0.1, -0.05) is 18.2 Å². The van der Waals surface area contributed by atoms with Gasteiger partial charge in [-0.3, -0.25) is 4.79 Å². The highest BCUT2D eigenvalue weighted by molar-refractivity contribution is 5.85. The molecule has 0 radical (unpaired) electrons. The van der Waals surface area contributed by atoms with Crippen molar-refractivity contribution in [3.8, 4) is 5.75 Å². The molecule has 20 heavy (non-hydrogen) atoms. The third-order valence-corrected chi connectivity index (χ3v) is 3.46. The van der Waals surface area contributed by atoms with E-state index in [9.17, 15) is 4.79 Å². The first-order chi connectivity index (χ1) is 9.27. The Hall–Kier alpha value is -1.26. The van der Waals surface area contributed by atoms with Crippen LogP contribution in [0.5, 0.6) is 5.75 Å². The van der Waals surface area contributed by atoms with Gasteiger partial charge in [0.05, 0.1) is 12.5 Å². The van der Waals surface area contributed by atoms with Crippen LogP contribution in [0, 0.1) is 5.92 Å². The second-order valence-electron chi connectivity index (χ2n) is 4.96. The molecule has 1 saturated heterocycles. The summed E-state index contributed by atoms with van der Waals surface area (Å²) in [4.78, 5) is 13.9. The number of nitrogens with zero attached hydrogens (tertiary/aromatic N) is 1. The quantitative estimate of drug-likeness (QED) is 0.903. The second kappa shape index (κ2) is 8.82. The minimum atomic E-state index is 0. The lowest BCUT2D eigenvalue weighted by Gasteiger charge is -2.27. The maximum absolute atomic E-state index is 12.2. The predicted octanol–water partition coefficient (Wildman–Crippen LogP) is 1.95. The topological polar surface area (TPSA) is 41.6 Å². The molecule has 5 heteroatoms. The van der Waals surface area contributed by atoms with Crippen LogP contribution in [-0.2, 0) is 4.79 Å². The van der Waals surface area contributed by atoms with Gasteiger partial charge in [-0.05, 0) is 31.5 Å². The van der Waals surface area contributed by atoms with E-state index in [1.165, 1.54) is 0 Å². The number of amides is 1. The molecule has 1 atom stereocenters. The van der Waals surface area contributed by atoms with Crippen LogP contribution in [0.2, 0.25) is 0 Å². The Morgan fingerprint density at radius 1 is 1.40 bits per heavy atom. The van der Waals surface area contributed by atoms with Crippen molar-refractivity contribution in [2.24, 2.45) is 5.92 Å². The molecule has 2 rings (SSSR count). The number of hydrogen-bond donors (Lipinski definition) is 1. The van der Waals surface area contributed by atoms with Crippen LogP contribution in [0.4, 0.5) is 0 Å². The second-order valence-corrected chi connectivity index (χ2v) is 4.96. The zero-order valence-corrected chi connectivity index (χ0v) is 12.7. The van der Waals surface area contributed by atoms with E-state index in [-0.39, 0.29) is 24.2 Å². The van der Waals surface area contributed by atoms with Crippen molar-refractivity contribution < 1.29 is 9.53 Å². The van der Waals surface area contributed by atoms with Gasteiger partial charge in [0.15, 0.2) is 0 Å². The summed E-state index contributed by atoms with van der Waals surface area (Å²) in [6.07, 6.45) is 2.08. The Morgan fingerprint density at radius 3 is 2.80 bits per heavy atom. The van der Waals surface area contributed by atoms with Gasteiger partial charge in [0.1, 0.15) is 12.4 Å². The highest BCUT2D eigenvalue weighted by Gasteiger charge is 2.23. The summed E-state index contributed by atoms with van der Waals surface area (Å²) in [5.74, 6) is 1.21. The molecule has 1 N–H and O–H groups in total. The lowest BCUT2D eigenvalue weighted by atomic mass is 9.98. The number of halogens is 1. The molecule has 0 saturated carbocycles. The molecule has 0 aromatic heterocycles. The molecule has 0 bridgehead atoms. The molecule has 0 aliphatic carbocycles. The van der Waals surface area contributed by atoms with Crippen molar-refractivity contribution >= 4 is 18.3 Å². The first-order valence-corrected chi connectivity index (χ1v) is 6.91. The average Bonchev–Trinajstić information content (AvgIpc) is 2.48. The van der Waals surface area contributed by atoms with Gasteiger partial charge in [0, 0.05) is 13.6 Å². The van der Waals surface area contributed by atoms with Crippen LogP contribution < -0.4 is 10.1 Å². The zero-order chi connectivity index (χ0) is 13.5. The summed E-state index contributed by atoms with van der Waals surface area (Å²) >= 11 is 0. The van der Waals surface area contributed by atoms with Crippen molar-refractivity contribution in [3.05, 3.63) is 30.3 Å². The van der Waals surface area contributed by atoms with E-state index < -0.39 is 0 Å². The number of piperidine rings is 1. The molecule has 1 amide bonds. The van der Waals surface area contributed by atoms with E-state index in [0.29, 0.717) is 13.2 Å². The zero-order valence-electron chi connectivity index (χ0n) is 11.9. The van der Waals surface area contributed by atoms with E-state index in [4.69, 9.17) is 4.74 Å². The van der Waals surface area contributed by atoms with E-state index in [0.717, 1.165) is 31.7 Å². The number of carbonyl (C=O) groups excluding carboxylic acids is 1. The monoisotopic (exact) mass is 298 g/mol. The summed E-state index contributed by atoms with van der Waals surface area (Å²) in [5, 5.41) is 3.27. The number of rotatable bonds is 5. The highest BCUT2D eigenvalue weighted by atomic mass is 35.5. The number of hydrogen-bond acceptors (Lipinski definition) is 3. The predicted molar refractivity (Wildman–Crippen MR) is 82.4 cm³/mol. The highest BCUT2D eigenvalue weighted by Crippen LogP contribution is 2.13. The Kier molecular flexibility index (Phi) is 7.41. The summed E-state index contributed by atoms with van der Waals surface area (Å²) in [6, 6.07) is 9.69. The molecule has 112 valence electrons. The molecule has 4 nitrogen and oxygen atoms in total. The molecule has 0 unspecified atom stereocenters. The standard InChI is InChI=1S/C15H22N2O2.ClH/c1-17(15(18)13-6-5-9-16-12-13)10-11-19-14-7-3-2-4-8-14;/h2-4,7-8,13,16H,5-6,9-12H2,1H3;1H/t13-;/m1./s1. The van der Waals surface area contributed by atoms with Crippen molar-refractivity contribution in [3.63, 3.8) is 0 Å². The van der Waals surface area contributed by atoms with Crippen LogP contribution in [0.1, 0.15) is 12.8 Å². The minimum Gasteiger partial charge on any atom is -0.492 e. The largest absolute Gasteiger partial charge is 0.492 e. The Balaban J connectivity index is 0.00000200. The molecular weight excluding hydrogens is 276 g/mol. The van der Waals surface area contributed by atoms with E-state index >= 15 is 0 Å². The normalized spacial score (nSPS) is 17.9. The Morgan fingerprint density at radius 2 is 2.15 bits per heavy atom. The van der Waals surface area contributed by atoms with E-state index in [2.05, 4.69) is 5.32 Å². The number of carbonyl (C=O) groups is 1. The van der Waals surface area contributed by atoms with Crippen molar-refractivity contribution in [2.75, 3.05) is 33.3 Å². The average molecular weight is 299 g/mol. The fourth-order valence-electron chi connectivity index (χ4n) is 2.30. The van der Waals surface area contributed by atoms with Crippen molar-refractivity contribution in [2.45, 2.75) is 12.8 Å². The molecule has 1 aliphatic rings. The fraction of sp³-hybridized carbons (Fsp3) is 0.533. The van der Waals surface area contributed by atoms with Gasteiger partial charge in [-0.25, -0.2) is 0 Å².